The van der Waals surface area contributed by atoms with Crippen molar-refractivity contribution in [2.24, 2.45) is 0 Å². The van der Waals surface area contributed by atoms with Gasteiger partial charge >= 0.3 is 6.18 Å². The second-order valence-corrected chi connectivity index (χ2v) is 7.54. The van der Waals surface area contributed by atoms with E-state index in [0.717, 1.165) is 37.5 Å². The maximum atomic E-state index is 12.7. The molecule has 2 aromatic rings. The number of quaternary nitrogens is 1. The van der Waals surface area contributed by atoms with E-state index in [1.54, 1.807) is 0 Å². The lowest BCUT2D eigenvalue weighted by atomic mass is 10.2. The van der Waals surface area contributed by atoms with Gasteiger partial charge in [0.25, 0.3) is 0 Å². The van der Waals surface area contributed by atoms with E-state index in [1.807, 2.05) is 29.2 Å². The van der Waals surface area contributed by atoms with Gasteiger partial charge in [-0.15, -0.1) is 0 Å². The number of nitrogens with one attached hydrogen (secondary N) is 1. The topological polar surface area (TPSA) is 29.8 Å². The van der Waals surface area contributed by atoms with Crippen LogP contribution in [0.3, 0.4) is 0 Å². The molecular formula is C19H21Cl2F3N3O+. The lowest BCUT2D eigenvalue weighted by Crippen LogP contribution is -3.15. The van der Waals surface area contributed by atoms with Gasteiger partial charge in [-0.05, 0) is 23.8 Å². The van der Waals surface area contributed by atoms with Crippen LogP contribution in [0, 0.1) is 0 Å². The molecule has 1 aliphatic rings. The van der Waals surface area contributed by atoms with Gasteiger partial charge < -0.3 is 14.5 Å². The molecule has 0 unspecified atom stereocenters. The number of aromatic nitrogens is 1. The molecule has 0 aliphatic carbocycles. The molecule has 1 aromatic carbocycles. The molecule has 0 atom stereocenters. The fraction of sp³-hybridized carbons (Fsp3) is 0.421. The molecule has 28 heavy (non-hydrogen) atoms. The Morgan fingerprint density at radius 2 is 1.79 bits per heavy atom. The van der Waals surface area contributed by atoms with Crippen LogP contribution >= 0.6 is 23.2 Å². The number of benzene rings is 1. The third kappa shape index (κ3) is 5.73. The van der Waals surface area contributed by atoms with Crippen molar-refractivity contribution in [3.63, 3.8) is 0 Å². The van der Waals surface area contributed by atoms with E-state index < -0.39 is 11.7 Å². The molecule has 4 nitrogen and oxygen atoms in total. The second kappa shape index (κ2) is 9.31. The molecule has 0 bridgehead atoms. The van der Waals surface area contributed by atoms with Crippen LogP contribution in [0.25, 0.3) is 0 Å². The number of anilines is 1. The van der Waals surface area contributed by atoms with Crippen molar-refractivity contribution < 1.29 is 22.8 Å². The van der Waals surface area contributed by atoms with Crippen molar-refractivity contribution in [3.8, 4) is 0 Å². The minimum Gasteiger partial charge on any atom is -0.371 e. The number of hydrogen-bond acceptors (Lipinski definition) is 3. The Morgan fingerprint density at radius 3 is 2.39 bits per heavy atom. The number of rotatable bonds is 6. The maximum Gasteiger partial charge on any atom is 0.417 e. The van der Waals surface area contributed by atoms with Crippen LogP contribution in [0.5, 0.6) is 0 Å². The summed E-state index contributed by atoms with van der Waals surface area (Å²) >= 11 is 11.9. The molecule has 152 valence electrons. The Bertz CT molecular complexity index is 779. The van der Waals surface area contributed by atoms with Crippen molar-refractivity contribution in [1.29, 1.82) is 0 Å². The van der Waals surface area contributed by atoms with Crippen LogP contribution in [0.1, 0.15) is 11.1 Å². The first kappa shape index (κ1) is 21.2. The van der Waals surface area contributed by atoms with Gasteiger partial charge in [-0.25, -0.2) is 4.98 Å². The molecule has 1 N–H and O–H groups in total. The summed E-state index contributed by atoms with van der Waals surface area (Å²) in [6, 6.07) is 8.49. The van der Waals surface area contributed by atoms with Gasteiger partial charge in [0, 0.05) is 11.2 Å². The predicted octanol–water partition coefficient (Wildman–Crippen LogP) is 3.33. The van der Waals surface area contributed by atoms with Crippen LogP contribution in [0.15, 0.2) is 36.5 Å². The molecule has 2 heterocycles. The van der Waals surface area contributed by atoms with E-state index >= 15 is 0 Å². The highest BCUT2D eigenvalue weighted by Gasteiger charge is 2.32. The van der Waals surface area contributed by atoms with Gasteiger partial charge in [0.2, 0.25) is 0 Å². The van der Waals surface area contributed by atoms with Gasteiger partial charge in [-0.1, -0.05) is 35.3 Å². The molecule has 0 saturated carbocycles. The van der Waals surface area contributed by atoms with Gasteiger partial charge in [0.1, 0.15) is 12.4 Å². The molecule has 0 amide bonds. The van der Waals surface area contributed by atoms with Crippen LogP contribution in [0.4, 0.5) is 19.0 Å². The highest BCUT2D eigenvalue weighted by Crippen LogP contribution is 2.33. The molecule has 1 fully saturated rings. The van der Waals surface area contributed by atoms with Crippen molar-refractivity contribution in [1.82, 2.24) is 4.98 Å². The smallest absolute Gasteiger partial charge is 0.371 e. The Morgan fingerprint density at radius 1 is 1.11 bits per heavy atom. The lowest BCUT2D eigenvalue weighted by Gasteiger charge is -2.33. The minimum atomic E-state index is -4.44. The van der Waals surface area contributed by atoms with E-state index in [1.165, 1.54) is 4.90 Å². The summed E-state index contributed by atoms with van der Waals surface area (Å²) in [5, 5.41) is 0.735. The third-order valence-corrected chi connectivity index (χ3v) is 5.23. The zero-order valence-electron chi connectivity index (χ0n) is 15.1. The first-order valence-corrected chi connectivity index (χ1v) is 9.72. The number of pyridine rings is 1. The Balaban J connectivity index is 1.42. The summed E-state index contributed by atoms with van der Waals surface area (Å²) in [4.78, 5) is 7.25. The highest BCUT2D eigenvalue weighted by molar-refractivity contribution is 6.33. The molecule has 1 aliphatic heterocycles. The van der Waals surface area contributed by atoms with Crippen molar-refractivity contribution in [2.45, 2.75) is 12.8 Å². The molecule has 3 rings (SSSR count). The standard InChI is InChI=1S/C19H20Cl2F3N3O/c20-16-3-1-14(2-4-16)13-28-10-9-26-5-7-27(8-6-26)18-17(21)11-15(12-25-18)19(22,23)24/h1-4,11-12H,5-10,13H2/p+1. The number of hydrogen-bond donors (Lipinski definition) is 1. The molecule has 0 spiro atoms. The molecule has 1 saturated heterocycles. The van der Waals surface area contributed by atoms with Gasteiger partial charge in [-0.3, -0.25) is 0 Å². The molecule has 9 heteroatoms. The first-order valence-electron chi connectivity index (χ1n) is 8.96. The minimum absolute atomic E-state index is 0.0320. The predicted molar refractivity (Wildman–Crippen MR) is 103 cm³/mol. The van der Waals surface area contributed by atoms with Gasteiger partial charge in [-0.2, -0.15) is 13.2 Å². The fourth-order valence-corrected chi connectivity index (χ4v) is 3.50. The maximum absolute atomic E-state index is 12.7. The monoisotopic (exact) mass is 434 g/mol. The fourth-order valence-electron chi connectivity index (χ4n) is 3.09. The summed E-state index contributed by atoms with van der Waals surface area (Å²) in [6.07, 6.45) is -3.60. The number of halogens is 5. The largest absolute Gasteiger partial charge is 0.417 e. The van der Waals surface area contributed by atoms with E-state index in [-0.39, 0.29) is 5.02 Å². The summed E-state index contributed by atoms with van der Waals surface area (Å²) in [6.45, 7) is 5.12. The average Bonchev–Trinajstić information content (AvgIpc) is 2.66. The number of alkyl halides is 3. The number of nitrogens with zero attached hydrogens (tertiary/aromatic N) is 2. The van der Waals surface area contributed by atoms with E-state index in [2.05, 4.69) is 4.98 Å². The quantitative estimate of drug-likeness (QED) is 0.707. The Kier molecular flexibility index (Phi) is 7.04. The normalized spacial score (nSPS) is 15.8. The van der Waals surface area contributed by atoms with Crippen molar-refractivity contribution in [3.05, 3.63) is 57.7 Å². The lowest BCUT2D eigenvalue weighted by molar-refractivity contribution is -0.901. The van der Waals surface area contributed by atoms with Crippen LogP contribution in [0.2, 0.25) is 10.0 Å². The van der Waals surface area contributed by atoms with E-state index in [9.17, 15) is 13.2 Å². The van der Waals surface area contributed by atoms with Crippen LogP contribution in [-0.2, 0) is 17.5 Å². The molecule has 1 aromatic heterocycles. The zero-order chi connectivity index (χ0) is 20.1. The third-order valence-electron chi connectivity index (χ3n) is 4.70. The Hall–Kier alpha value is -1.54. The molecular weight excluding hydrogens is 414 g/mol. The number of piperazine rings is 1. The summed E-state index contributed by atoms with van der Waals surface area (Å²) in [7, 11) is 0. The SMILES string of the molecule is FC(F)(F)c1cnc(N2CC[NH+](CCOCc3ccc(Cl)cc3)CC2)c(Cl)c1. The number of ether oxygens (including phenoxy) is 1. The van der Waals surface area contributed by atoms with Crippen LogP contribution in [-0.4, -0.2) is 44.3 Å². The Labute approximate surface area is 171 Å². The van der Waals surface area contributed by atoms with E-state index in [4.69, 9.17) is 27.9 Å². The second-order valence-electron chi connectivity index (χ2n) is 6.69. The summed E-state index contributed by atoms with van der Waals surface area (Å²) in [5.41, 5.74) is 0.246. The van der Waals surface area contributed by atoms with Gasteiger partial charge in [0.15, 0.2) is 0 Å². The highest BCUT2D eigenvalue weighted by atomic mass is 35.5. The average molecular weight is 435 g/mol. The van der Waals surface area contributed by atoms with E-state index in [0.29, 0.717) is 37.1 Å². The molecule has 0 radical (unpaired) electrons. The van der Waals surface area contributed by atoms with Crippen LogP contribution < -0.4 is 9.80 Å². The summed E-state index contributed by atoms with van der Waals surface area (Å²) in [5.74, 6) is 0.410. The zero-order valence-corrected chi connectivity index (χ0v) is 16.6. The van der Waals surface area contributed by atoms with Gasteiger partial charge in [0.05, 0.1) is 50.0 Å². The first-order chi connectivity index (χ1) is 13.3. The van der Waals surface area contributed by atoms with Crippen molar-refractivity contribution >= 4 is 29.0 Å². The summed E-state index contributed by atoms with van der Waals surface area (Å²) < 4.78 is 43.9. The van der Waals surface area contributed by atoms with Crippen molar-refractivity contribution in [2.75, 3.05) is 44.2 Å².